The molecular formula is C10H12N2O2S. The molecule has 1 saturated heterocycles. The lowest BCUT2D eigenvalue weighted by Gasteiger charge is -2.24. The predicted molar refractivity (Wildman–Crippen MR) is 57.0 cm³/mol. The highest BCUT2D eigenvalue weighted by atomic mass is 32.1. The molecule has 1 aliphatic heterocycles. The van der Waals surface area contributed by atoms with Crippen LogP contribution in [-0.4, -0.2) is 34.7 Å². The molecule has 1 aromatic rings. The smallest absolute Gasteiger partial charge is 0.273 e. The molecule has 1 amide bonds. The third-order valence-corrected chi connectivity index (χ3v) is 3.15. The van der Waals surface area contributed by atoms with Crippen LogP contribution in [0.4, 0.5) is 0 Å². The molecule has 0 atom stereocenters. The standard InChI is InChI=1S/C10H12N2O2S/c1-7-11-9(6-15-7)10(14)12-4-2-3-8(13)5-12/h6H,2-5H2,1H3. The van der Waals surface area contributed by atoms with E-state index in [-0.39, 0.29) is 18.2 Å². The number of hydrogen-bond donors (Lipinski definition) is 0. The van der Waals surface area contributed by atoms with E-state index >= 15 is 0 Å². The minimum absolute atomic E-state index is 0.118. The number of aromatic nitrogens is 1. The molecule has 0 saturated carbocycles. The second-order valence-corrected chi connectivity index (χ2v) is 4.68. The molecular weight excluding hydrogens is 212 g/mol. The number of likely N-dealkylation sites (tertiary alicyclic amines) is 1. The van der Waals surface area contributed by atoms with Crippen molar-refractivity contribution >= 4 is 23.0 Å². The van der Waals surface area contributed by atoms with Crippen molar-refractivity contribution in [1.29, 1.82) is 0 Å². The van der Waals surface area contributed by atoms with Gasteiger partial charge in [-0.2, -0.15) is 0 Å². The minimum Gasteiger partial charge on any atom is -0.330 e. The fourth-order valence-electron chi connectivity index (χ4n) is 1.64. The molecule has 0 aromatic carbocycles. The summed E-state index contributed by atoms with van der Waals surface area (Å²) in [6, 6.07) is 0. The van der Waals surface area contributed by atoms with Gasteiger partial charge in [-0.3, -0.25) is 9.59 Å². The Hall–Kier alpha value is -1.23. The van der Waals surface area contributed by atoms with Gasteiger partial charge in [-0.15, -0.1) is 11.3 Å². The molecule has 15 heavy (non-hydrogen) atoms. The maximum atomic E-state index is 11.9. The summed E-state index contributed by atoms with van der Waals surface area (Å²) >= 11 is 1.45. The van der Waals surface area contributed by atoms with E-state index in [1.165, 1.54) is 11.3 Å². The van der Waals surface area contributed by atoms with Gasteiger partial charge in [0.25, 0.3) is 5.91 Å². The molecule has 2 heterocycles. The van der Waals surface area contributed by atoms with Crippen LogP contribution in [0, 0.1) is 6.92 Å². The van der Waals surface area contributed by atoms with E-state index in [0.717, 1.165) is 11.4 Å². The fraction of sp³-hybridized carbons (Fsp3) is 0.500. The Morgan fingerprint density at radius 2 is 2.40 bits per heavy atom. The van der Waals surface area contributed by atoms with Gasteiger partial charge in [-0.05, 0) is 13.3 Å². The molecule has 0 bridgehead atoms. The van der Waals surface area contributed by atoms with Crippen LogP contribution in [0.15, 0.2) is 5.38 Å². The molecule has 4 nitrogen and oxygen atoms in total. The van der Waals surface area contributed by atoms with Gasteiger partial charge >= 0.3 is 0 Å². The van der Waals surface area contributed by atoms with Crippen molar-refractivity contribution in [3.8, 4) is 0 Å². The van der Waals surface area contributed by atoms with E-state index in [2.05, 4.69) is 4.98 Å². The summed E-state index contributed by atoms with van der Waals surface area (Å²) in [6.07, 6.45) is 1.37. The lowest BCUT2D eigenvalue weighted by Crippen LogP contribution is -2.40. The Labute approximate surface area is 91.9 Å². The summed E-state index contributed by atoms with van der Waals surface area (Å²) in [5, 5.41) is 2.62. The summed E-state index contributed by atoms with van der Waals surface area (Å²) in [5.74, 6) is 0.0222. The topological polar surface area (TPSA) is 50.3 Å². The molecule has 1 fully saturated rings. The van der Waals surface area contributed by atoms with Gasteiger partial charge in [0.05, 0.1) is 11.6 Å². The van der Waals surface area contributed by atoms with Crippen molar-refractivity contribution in [3.63, 3.8) is 0 Å². The SMILES string of the molecule is Cc1nc(C(=O)N2CCCC(=O)C2)cs1. The van der Waals surface area contributed by atoms with E-state index in [4.69, 9.17) is 0 Å². The van der Waals surface area contributed by atoms with E-state index < -0.39 is 0 Å². The minimum atomic E-state index is -0.118. The maximum Gasteiger partial charge on any atom is 0.273 e. The lowest BCUT2D eigenvalue weighted by molar-refractivity contribution is -0.121. The zero-order chi connectivity index (χ0) is 10.8. The van der Waals surface area contributed by atoms with Crippen LogP contribution in [-0.2, 0) is 4.79 Å². The summed E-state index contributed by atoms with van der Waals surface area (Å²) in [7, 11) is 0. The molecule has 0 spiro atoms. The summed E-state index contributed by atoms with van der Waals surface area (Å²) < 4.78 is 0. The molecule has 2 rings (SSSR count). The van der Waals surface area contributed by atoms with Gasteiger partial charge in [-0.1, -0.05) is 0 Å². The third kappa shape index (κ3) is 2.23. The van der Waals surface area contributed by atoms with E-state index in [1.54, 1.807) is 10.3 Å². The second kappa shape index (κ2) is 4.10. The number of hydrogen-bond acceptors (Lipinski definition) is 4. The number of thiazole rings is 1. The van der Waals surface area contributed by atoms with Gasteiger partial charge in [-0.25, -0.2) is 4.98 Å². The van der Waals surface area contributed by atoms with Gasteiger partial charge in [0, 0.05) is 18.3 Å². The number of Topliss-reactive ketones (excluding diaryl/α,β-unsaturated/α-hetero) is 1. The zero-order valence-corrected chi connectivity index (χ0v) is 9.34. The second-order valence-electron chi connectivity index (χ2n) is 3.62. The van der Waals surface area contributed by atoms with Gasteiger partial charge in [0.15, 0.2) is 5.78 Å². The van der Waals surface area contributed by atoms with Crippen LogP contribution >= 0.6 is 11.3 Å². The maximum absolute atomic E-state index is 11.9. The Morgan fingerprint density at radius 1 is 1.60 bits per heavy atom. The van der Waals surface area contributed by atoms with Crippen LogP contribution in [0.5, 0.6) is 0 Å². The van der Waals surface area contributed by atoms with Crippen molar-refractivity contribution in [3.05, 3.63) is 16.1 Å². The number of amides is 1. The molecule has 0 N–H and O–H groups in total. The first-order valence-electron chi connectivity index (χ1n) is 4.90. The first-order chi connectivity index (χ1) is 7.16. The Balaban J connectivity index is 2.10. The van der Waals surface area contributed by atoms with E-state index in [1.807, 2.05) is 6.92 Å². The van der Waals surface area contributed by atoms with Crippen molar-refractivity contribution in [2.75, 3.05) is 13.1 Å². The highest BCUT2D eigenvalue weighted by Gasteiger charge is 2.23. The molecule has 5 heteroatoms. The molecule has 1 aliphatic rings. The molecule has 1 aromatic heterocycles. The Kier molecular flexibility index (Phi) is 2.81. The van der Waals surface area contributed by atoms with Crippen molar-refractivity contribution in [1.82, 2.24) is 9.88 Å². The van der Waals surface area contributed by atoms with Crippen LogP contribution in [0.1, 0.15) is 28.3 Å². The fourth-order valence-corrected chi connectivity index (χ4v) is 2.22. The number of ketones is 1. The van der Waals surface area contributed by atoms with Crippen molar-refractivity contribution in [2.24, 2.45) is 0 Å². The molecule has 0 aliphatic carbocycles. The summed E-state index contributed by atoms with van der Waals surface area (Å²) in [6.45, 7) is 2.78. The summed E-state index contributed by atoms with van der Waals surface area (Å²) in [5.41, 5.74) is 0.465. The average molecular weight is 224 g/mol. The van der Waals surface area contributed by atoms with Crippen molar-refractivity contribution in [2.45, 2.75) is 19.8 Å². The molecule has 80 valence electrons. The zero-order valence-electron chi connectivity index (χ0n) is 8.52. The number of piperidine rings is 1. The normalized spacial score (nSPS) is 16.9. The van der Waals surface area contributed by atoms with Gasteiger partial charge < -0.3 is 4.90 Å². The monoisotopic (exact) mass is 224 g/mol. The number of nitrogens with zero attached hydrogens (tertiary/aromatic N) is 2. The first-order valence-corrected chi connectivity index (χ1v) is 5.78. The van der Waals surface area contributed by atoms with Crippen LogP contribution < -0.4 is 0 Å². The Morgan fingerprint density at radius 3 is 3.00 bits per heavy atom. The lowest BCUT2D eigenvalue weighted by atomic mass is 10.1. The number of rotatable bonds is 1. The van der Waals surface area contributed by atoms with Crippen molar-refractivity contribution < 1.29 is 9.59 Å². The predicted octanol–water partition coefficient (Wildman–Crippen LogP) is 1.26. The quantitative estimate of drug-likeness (QED) is 0.721. The third-order valence-electron chi connectivity index (χ3n) is 2.38. The first kappa shape index (κ1) is 10.3. The van der Waals surface area contributed by atoms with E-state index in [0.29, 0.717) is 18.7 Å². The Bertz CT molecular complexity index is 400. The van der Waals surface area contributed by atoms with Gasteiger partial charge in [0.1, 0.15) is 5.69 Å². The van der Waals surface area contributed by atoms with Crippen LogP contribution in [0.2, 0.25) is 0 Å². The van der Waals surface area contributed by atoms with Gasteiger partial charge in [0.2, 0.25) is 0 Å². The number of carbonyl (C=O) groups excluding carboxylic acids is 2. The van der Waals surface area contributed by atoms with Crippen LogP contribution in [0.3, 0.4) is 0 Å². The molecule has 0 unspecified atom stereocenters. The number of carbonyl (C=O) groups is 2. The highest BCUT2D eigenvalue weighted by Crippen LogP contribution is 2.13. The average Bonchev–Trinajstić information content (AvgIpc) is 2.64. The van der Waals surface area contributed by atoms with E-state index in [9.17, 15) is 9.59 Å². The highest BCUT2D eigenvalue weighted by molar-refractivity contribution is 7.09. The van der Waals surface area contributed by atoms with Crippen LogP contribution in [0.25, 0.3) is 0 Å². The number of aryl methyl sites for hydroxylation is 1. The summed E-state index contributed by atoms with van der Waals surface area (Å²) in [4.78, 5) is 28.8. The molecule has 0 radical (unpaired) electrons. The largest absolute Gasteiger partial charge is 0.330 e.